The third kappa shape index (κ3) is 8.40. The number of nitrogens with zero attached hydrogens (tertiary/aromatic N) is 1. The first-order valence-electron chi connectivity index (χ1n) is 6.02. The maximum atomic E-state index is 11.8. The maximum Gasteiger partial charge on any atom is 0.320 e. The van der Waals surface area contributed by atoms with Crippen LogP contribution in [0.15, 0.2) is 25.3 Å². The van der Waals surface area contributed by atoms with E-state index >= 15 is 0 Å². The van der Waals surface area contributed by atoms with Crippen LogP contribution in [0.5, 0.6) is 0 Å². The van der Waals surface area contributed by atoms with Gasteiger partial charge in [0, 0.05) is 13.1 Å². The summed E-state index contributed by atoms with van der Waals surface area (Å²) in [6.07, 6.45) is 4.51. The highest BCUT2D eigenvalue weighted by atomic mass is 35.5. The van der Waals surface area contributed by atoms with Crippen molar-refractivity contribution in [1.29, 1.82) is 0 Å². The van der Waals surface area contributed by atoms with Crippen LogP contribution >= 0.6 is 12.4 Å². The molecule has 0 heterocycles. The third-order valence-electron chi connectivity index (χ3n) is 2.43. The summed E-state index contributed by atoms with van der Waals surface area (Å²) in [6.45, 7) is 9.92. The molecule has 0 fully saturated rings. The number of halogens is 1. The van der Waals surface area contributed by atoms with Crippen molar-refractivity contribution >= 4 is 24.3 Å². The highest BCUT2D eigenvalue weighted by Gasteiger charge is 2.18. The van der Waals surface area contributed by atoms with E-state index in [0.717, 1.165) is 6.42 Å². The highest BCUT2D eigenvalue weighted by molar-refractivity contribution is 5.85. The largest absolute Gasteiger partial charge is 0.480 e. The first-order chi connectivity index (χ1) is 8.56. The van der Waals surface area contributed by atoms with E-state index in [0.29, 0.717) is 19.5 Å². The fourth-order valence-electron chi connectivity index (χ4n) is 1.51. The third-order valence-corrected chi connectivity index (χ3v) is 2.43. The van der Waals surface area contributed by atoms with Crippen LogP contribution < -0.4 is 5.32 Å². The number of carbonyl (C=O) groups excluding carboxylic acids is 1. The van der Waals surface area contributed by atoms with Gasteiger partial charge in [0.2, 0.25) is 5.91 Å². The molecule has 0 spiro atoms. The molecular formula is C13H23ClN2O3. The Balaban J connectivity index is 0. The minimum Gasteiger partial charge on any atom is -0.480 e. The number of hydrogen-bond donors (Lipinski definition) is 2. The fraction of sp³-hybridized carbons (Fsp3) is 0.538. The van der Waals surface area contributed by atoms with Gasteiger partial charge in [-0.3, -0.25) is 14.9 Å². The molecule has 19 heavy (non-hydrogen) atoms. The second-order valence-corrected chi connectivity index (χ2v) is 3.94. The Morgan fingerprint density at radius 3 is 2.21 bits per heavy atom. The molecule has 0 aliphatic carbocycles. The van der Waals surface area contributed by atoms with Crippen LogP contribution in [-0.4, -0.2) is 47.6 Å². The number of hydrogen-bond acceptors (Lipinski definition) is 3. The summed E-state index contributed by atoms with van der Waals surface area (Å²) in [5, 5.41) is 11.7. The molecule has 6 heteroatoms. The zero-order valence-electron chi connectivity index (χ0n) is 11.3. The van der Waals surface area contributed by atoms with Crippen LogP contribution in [0.2, 0.25) is 0 Å². The summed E-state index contributed by atoms with van der Waals surface area (Å²) >= 11 is 0. The number of aliphatic carboxylic acids is 1. The van der Waals surface area contributed by atoms with Crippen molar-refractivity contribution in [3.63, 3.8) is 0 Å². The van der Waals surface area contributed by atoms with Gasteiger partial charge in [0.05, 0.1) is 6.54 Å². The minimum atomic E-state index is -0.927. The molecule has 0 aromatic heterocycles. The molecule has 0 aliphatic rings. The van der Waals surface area contributed by atoms with Crippen LogP contribution in [0.4, 0.5) is 0 Å². The summed E-state index contributed by atoms with van der Waals surface area (Å²) < 4.78 is 0. The molecule has 5 nitrogen and oxygen atoms in total. The van der Waals surface area contributed by atoms with Crippen molar-refractivity contribution in [3.8, 4) is 0 Å². The van der Waals surface area contributed by atoms with Crippen LogP contribution in [-0.2, 0) is 9.59 Å². The van der Waals surface area contributed by atoms with E-state index in [1.165, 1.54) is 0 Å². The van der Waals surface area contributed by atoms with E-state index in [2.05, 4.69) is 18.5 Å². The van der Waals surface area contributed by atoms with Crippen LogP contribution in [0.3, 0.4) is 0 Å². The number of carboxylic acid groups (broad SMARTS) is 1. The predicted molar refractivity (Wildman–Crippen MR) is 78.6 cm³/mol. The zero-order chi connectivity index (χ0) is 14.0. The lowest BCUT2D eigenvalue weighted by Crippen LogP contribution is -2.44. The average Bonchev–Trinajstić information content (AvgIpc) is 2.33. The highest BCUT2D eigenvalue weighted by Crippen LogP contribution is 1.97. The van der Waals surface area contributed by atoms with E-state index in [1.54, 1.807) is 17.1 Å². The smallest absolute Gasteiger partial charge is 0.320 e. The molecule has 0 saturated carbocycles. The summed E-state index contributed by atoms with van der Waals surface area (Å²) in [5.74, 6) is -1.08. The van der Waals surface area contributed by atoms with Crippen molar-refractivity contribution in [3.05, 3.63) is 25.3 Å². The van der Waals surface area contributed by atoms with Gasteiger partial charge in [-0.15, -0.1) is 25.6 Å². The lowest BCUT2D eigenvalue weighted by molar-refractivity contribution is -0.140. The van der Waals surface area contributed by atoms with Crippen LogP contribution in [0.25, 0.3) is 0 Å². The molecule has 0 aromatic carbocycles. The van der Waals surface area contributed by atoms with Gasteiger partial charge in [-0.05, 0) is 6.42 Å². The van der Waals surface area contributed by atoms with Crippen molar-refractivity contribution in [2.75, 3.05) is 19.6 Å². The molecule has 0 rings (SSSR count). The van der Waals surface area contributed by atoms with Gasteiger partial charge < -0.3 is 10.0 Å². The van der Waals surface area contributed by atoms with E-state index in [9.17, 15) is 9.59 Å². The van der Waals surface area contributed by atoms with Gasteiger partial charge in [0.25, 0.3) is 0 Å². The minimum absolute atomic E-state index is 0. The number of nitrogens with one attached hydrogen (secondary N) is 1. The molecule has 0 aromatic rings. The standard InChI is InChI=1S/C13H22N2O3.ClH/c1-4-7-11(13(17)18)14-10-12(16)15(8-5-2)9-6-3;/h5-6,11,14H,2-4,7-10H2,1H3,(H,17,18);1H. The summed E-state index contributed by atoms with van der Waals surface area (Å²) in [5.41, 5.74) is 0. The SMILES string of the molecule is C=CCN(CC=C)C(=O)CNC(CCC)C(=O)O.Cl. The van der Waals surface area contributed by atoms with E-state index in [1.807, 2.05) is 6.92 Å². The number of amides is 1. The Labute approximate surface area is 120 Å². The van der Waals surface area contributed by atoms with E-state index < -0.39 is 12.0 Å². The Bertz CT molecular complexity index is 298. The lowest BCUT2D eigenvalue weighted by Gasteiger charge is -2.21. The number of carbonyl (C=O) groups is 2. The normalized spacial score (nSPS) is 11.0. The van der Waals surface area contributed by atoms with Crippen molar-refractivity contribution in [2.24, 2.45) is 0 Å². The molecular weight excluding hydrogens is 268 g/mol. The first-order valence-corrected chi connectivity index (χ1v) is 6.02. The van der Waals surface area contributed by atoms with Gasteiger partial charge in [-0.1, -0.05) is 25.5 Å². The zero-order valence-corrected chi connectivity index (χ0v) is 12.1. The summed E-state index contributed by atoms with van der Waals surface area (Å²) in [6, 6.07) is -0.673. The molecule has 1 unspecified atom stereocenters. The molecule has 0 saturated heterocycles. The van der Waals surface area contributed by atoms with Gasteiger partial charge in [-0.25, -0.2) is 0 Å². The summed E-state index contributed by atoms with van der Waals surface area (Å²) in [7, 11) is 0. The first kappa shape index (κ1) is 20.0. The van der Waals surface area contributed by atoms with Crippen molar-refractivity contribution in [2.45, 2.75) is 25.8 Å². The molecule has 110 valence electrons. The van der Waals surface area contributed by atoms with Gasteiger partial charge in [-0.2, -0.15) is 0 Å². The Morgan fingerprint density at radius 2 is 1.84 bits per heavy atom. The van der Waals surface area contributed by atoms with E-state index in [4.69, 9.17) is 5.11 Å². The number of rotatable bonds is 10. The lowest BCUT2D eigenvalue weighted by atomic mass is 10.1. The topological polar surface area (TPSA) is 69.6 Å². The molecule has 2 N–H and O–H groups in total. The van der Waals surface area contributed by atoms with Crippen molar-refractivity contribution < 1.29 is 14.7 Å². The molecule has 1 amide bonds. The molecule has 0 radical (unpaired) electrons. The van der Waals surface area contributed by atoms with Crippen LogP contribution in [0, 0.1) is 0 Å². The Hall–Kier alpha value is -1.33. The number of carboxylic acids is 1. The average molecular weight is 291 g/mol. The molecule has 0 bridgehead atoms. The van der Waals surface area contributed by atoms with Crippen molar-refractivity contribution in [1.82, 2.24) is 10.2 Å². The van der Waals surface area contributed by atoms with Crippen LogP contribution in [0.1, 0.15) is 19.8 Å². The maximum absolute atomic E-state index is 11.8. The predicted octanol–water partition coefficient (Wildman–Crippen LogP) is 1.45. The fourth-order valence-corrected chi connectivity index (χ4v) is 1.51. The van der Waals surface area contributed by atoms with Gasteiger partial charge in [0.1, 0.15) is 6.04 Å². The van der Waals surface area contributed by atoms with E-state index in [-0.39, 0.29) is 24.9 Å². The Morgan fingerprint density at radius 1 is 1.32 bits per heavy atom. The second kappa shape index (κ2) is 11.7. The molecule has 1 atom stereocenters. The molecule has 0 aliphatic heterocycles. The van der Waals surface area contributed by atoms with Gasteiger partial charge in [0.15, 0.2) is 0 Å². The monoisotopic (exact) mass is 290 g/mol. The van der Waals surface area contributed by atoms with Gasteiger partial charge >= 0.3 is 5.97 Å². The Kier molecular flexibility index (Phi) is 12.4. The second-order valence-electron chi connectivity index (χ2n) is 3.94. The quantitative estimate of drug-likeness (QED) is 0.598. The summed E-state index contributed by atoms with van der Waals surface area (Å²) in [4.78, 5) is 24.3.